The van der Waals surface area contributed by atoms with E-state index in [0.717, 1.165) is 34.3 Å². The number of allylic oxidation sites excluding steroid dienone is 2. The topological polar surface area (TPSA) is 46.2 Å². The molecular weight excluding hydrogens is 360 g/mol. The van der Waals surface area contributed by atoms with Crippen LogP contribution >= 0.6 is 0 Å². The van der Waals surface area contributed by atoms with Crippen LogP contribution in [0, 0.1) is 17.3 Å². The lowest BCUT2D eigenvalue weighted by Crippen LogP contribution is -2.43. The van der Waals surface area contributed by atoms with E-state index in [9.17, 15) is 5.11 Å². The molecule has 1 aliphatic carbocycles. The van der Waals surface area contributed by atoms with Gasteiger partial charge in [-0.25, -0.2) is 4.57 Å². The first-order valence-electron chi connectivity index (χ1n) is 10.4. The van der Waals surface area contributed by atoms with E-state index in [2.05, 4.69) is 70.5 Å². The van der Waals surface area contributed by atoms with Crippen molar-refractivity contribution in [1.29, 1.82) is 0 Å². The van der Waals surface area contributed by atoms with Crippen LogP contribution < -0.4 is 4.57 Å². The van der Waals surface area contributed by atoms with Crippen LogP contribution in [0.2, 0.25) is 0 Å². The van der Waals surface area contributed by atoms with Crippen molar-refractivity contribution in [2.45, 2.75) is 59.8 Å². The Morgan fingerprint density at radius 1 is 1.31 bits per heavy atom. The van der Waals surface area contributed by atoms with E-state index in [1.807, 2.05) is 13.1 Å². The summed E-state index contributed by atoms with van der Waals surface area (Å²) >= 11 is 0. The Morgan fingerprint density at radius 3 is 2.48 bits per heavy atom. The summed E-state index contributed by atoms with van der Waals surface area (Å²) in [6, 6.07) is 6.28. The molecule has 0 amide bonds. The first kappa shape index (κ1) is 21.7. The molecule has 3 rings (SSSR count). The Labute approximate surface area is 174 Å². The van der Waals surface area contributed by atoms with E-state index in [0.29, 0.717) is 5.92 Å². The number of fused-ring (bicyclic) bond motifs is 1. The molecular formula is C25H35N2O2+. The molecule has 29 heavy (non-hydrogen) atoms. The van der Waals surface area contributed by atoms with Gasteiger partial charge in [-0.1, -0.05) is 60.8 Å². The predicted molar refractivity (Wildman–Crippen MR) is 118 cm³/mol. The molecule has 1 N–H and O–H groups in total. The number of ether oxygens (including phenoxy) is 1. The first-order valence-corrected chi connectivity index (χ1v) is 10.4. The third kappa shape index (κ3) is 3.76. The molecule has 0 saturated heterocycles. The largest absolute Gasteiger partial charge is 0.362 e. The molecule has 0 bridgehead atoms. The van der Waals surface area contributed by atoms with Crippen molar-refractivity contribution in [2.75, 3.05) is 7.11 Å². The van der Waals surface area contributed by atoms with Crippen LogP contribution in [-0.4, -0.2) is 23.0 Å². The summed E-state index contributed by atoms with van der Waals surface area (Å²) in [7, 11) is 1.55. The normalized spacial score (nSPS) is 24.2. The summed E-state index contributed by atoms with van der Waals surface area (Å²) in [4.78, 5) is 4.79. The number of rotatable bonds is 6. The maximum atomic E-state index is 10.9. The van der Waals surface area contributed by atoms with Gasteiger partial charge in [-0.2, -0.15) is 0 Å². The SMILES string of the molecule is C=C(C(=C)C(C)(C)C)c1ncc2cc(CC(C)C)ccc2[n+]1C1C(C)C1(O)OC. The summed E-state index contributed by atoms with van der Waals surface area (Å²) in [5.74, 6) is 0.0762. The lowest BCUT2D eigenvalue weighted by molar-refractivity contribution is -0.693. The van der Waals surface area contributed by atoms with E-state index in [-0.39, 0.29) is 17.4 Å². The average molecular weight is 396 g/mol. The molecule has 156 valence electrons. The highest BCUT2D eigenvalue weighted by Gasteiger charge is 2.68. The van der Waals surface area contributed by atoms with Crippen LogP contribution in [0.4, 0.5) is 0 Å². The zero-order valence-electron chi connectivity index (χ0n) is 18.9. The second-order valence-corrected chi connectivity index (χ2v) is 9.84. The van der Waals surface area contributed by atoms with E-state index in [1.54, 1.807) is 7.11 Å². The van der Waals surface area contributed by atoms with E-state index in [1.165, 1.54) is 5.56 Å². The Balaban J connectivity index is 2.20. The van der Waals surface area contributed by atoms with Crippen molar-refractivity contribution >= 4 is 16.5 Å². The fraction of sp³-hybridized carbons (Fsp3) is 0.520. The lowest BCUT2D eigenvalue weighted by Gasteiger charge is -2.22. The quantitative estimate of drug-likeness (QED) is 0.431. The van der Waals surface area contributed by atoms with Crippen LogP contribution in [0.25, 0.3) is 16.5 Å². The molecule has 0 spiro atoms. The molecule has 0 radical (unpaired) electrons. The maximum Gasteiger partial charge on any atom is 0.330 e. The third-order valence-corrected chi connectivity index (χ3v) is 6.13. The first-order chi connectivity index (χ1) is 13.4. The highest BCUT2D eigenvalue weighted by molar-refractivity contribution is 5.79. The number of aromatic nitrogens is 2. The minimum absolute atomic E-state index is 0.0466. The Morgan fingerprint density at radius 2 is 1.97 bits per heavy atom. The maximum absolute atomic E-state index is 10.9. The van der Waals surface area contributed by atoms with Crippen molar-refractivity contribution in [2.24, 2.45) is 17.3 Å². The number of aliphatic hydroxyl groups is 1. The molecule has 1 heterocycles. The van der Waals surface area contributed by atoms with E-state index in [4.69, 9.17) is 9.72 Å². The van der Waals surface area contributed by atoms with Gasteiger partial charge in [0.2, 0.25) is 5.79 Å². The van der Waals surface area contributed by atoms with Crippen molar-refractivity contribution in [1.82, 2.24) is 4.98 Å². The number of hydrogen-bond donors (Lipinski definition) is 1. The number of hydrogen-bond acceptors (Lipinski definition) is 3. The van der Waals surface area contributed by atoms with Crippen LogP contribution in [-0.2, 0) is 11.2 Å². The number of nitrogens with zero attached hydrogens (tertiary/aromatic N) is 2. The van der Waals surface area contributed by atoms with Gasteiger partial charge in [0, 0.05) is 7.11 Å². The summed E-state index contributed by atoms with van der Waals surface area (Å²) in [5.41, 5.74) is 3.92. The third-order valence-electron chi connectivity index (χ3n) is 6.13. The van der Waals surface area contributed by atoms with Gasteiger partial charge in [0.25, 0.3) is 0 Å². The minimum atomic E-state index is -1.20. The van der Waals surface area contributed by atoms with Crippen LogP contribution in [0.3, 0.4) is 0 Å². The average Bonchev–Trinajstić information content (AvgIpc) is 3.19. The highest BCUT2D eigenvalue weighted by atomic mass is 16.6. The zero-order valence-corrected chi connectivity index (χ0v) is 18.9. The number of methoxy groups -OCH3 is 1. The van der Waals surface area contributed by atoms with Crippen molar-refractivity contribution in [3.63, 3.8) is 0 Å². The number of benzene rings is 1. The summed E-state index contributed by atoms with van der Waals surface area (Å²) in [6.45, 7) is 21.4. The molecule has 4 heteroatoms. The Kier molecular flexibility index (Phi) is 5.48. The van der Waals surface area contributed by atoms with Gasteiger partial charge in [-0.3, -0.25) is 0 Å². The molecule has 1 fully saturated rings. The predicted octanol–water partition coefficient (Wildman–Crippen LogP) is 4.86. The molecule has 4 nitrogen and oxygen atoms in total. The van der Waals surface area contributed by atoms with Gasteiger partial charge >= 0.3 is 5.82 Å². The van der Waals surface area contributed by atoms with Crippen LogP contribution in [0.5, 0.6) is 0 Å². The molecule has 1 aromatic heterocycles. The second-order valence-electron chi connectivity index (χ2n) is 9.84. The Bertz CT molecular complexity index is 971. The fourth-order valence-electron chi connectivity index (χ4n) is 4.13. The van der Waals surface area contributed by atoms with Gasteiger partial charge in [0.15, 0.2) is 12.2 Å². The van der Waals surface area contributed by atoms with Crippen molar-refractivity contribution in [3.8, 4) is 0 Å². The van der Waals surface area contributed by atoms with Crippen molar-refractivity contribution in [3.05, 3.63) is 54.5 Å². The molecule has 1 saturated carbocycles. The highest BCUT2D eigenvalue weighted by Crippen LogP contribution is 2.52. The minimum Gasteiger partial charge on any atom is -0.362 e. The molecule has 1 aliphatic rings. The van der Waals surface area contributed by atoms with Crippen molar-refractivity contribution < 1.29 is 14.4 Å². The summed E-state index contributed by atoms with van der Waals surface area (Å²) < 4.78 is 7.57. The molecule has 3 atom stereocenters. The molecule has 2 aromatic rings. The molecule has 3 unspecified atom stereocenters. The molecule has 0 aliphatic heterocycles. The van der Waals surface area contributed by atoms with E-state index >= 15 is 0 Å². The summed E-state index contributed by atoms with van der Waals surface area (Å²) in [5, 5.41) is 12.0. The van der Waals surface area contributed by atoms with Crippen LogP contribution in [0.1, 0.15) is 59.0 Å². The van der Waals surface area contributed by atoms with Gasteiger partial charge in [0.05, 0.1) is 16.9 Å². The second kappa shape index (κ2) is 7.33. The Hall–Kier alpha value is -2.04. The lowest BCUT2D eigenvalue weighted by atomic mass is 9.83. The summed E-state index contributed by atoms with van der Waals surface area (Å²) in [6.07, 6.45) is 2.93. The van der Waals surface area contributed by atoms with Crippen LogP contribution in [0.15, 0.2) is 43.1 Å². The fourth-order valence-corrected chi connectivity index (χ4v) is 4.13. The van der Waals surface area contributed by atoms with Gasteiger partial charge in [-0.05, 0) is 46.0 Å². The molecule has 1 aromatic carbocycles. The smallest absolute Gasteiger partial charge is 0.330 e. The van der Waals surface area contributed by atoms with Gasteiger partial charge in [0.1, 0.15) is 5.52 Å². The van der Waals surface area contributed by atoms with E-state index < -0.39 is 5.79 Å². The van der Waals surface area contributed by atoms with Gasteiger partial charge < -0.3 is 9.84 Å². The standard InChI is InChI=1S/C25H35N2O2/c1-15(2)12-19-10-11-21-20(13-19)14-26-23(16(3)17(4)24(6,7)8)27(21)22-18(5)25(22,28)29-9/h10-11,13-15,18,22,28H,3-4,12H2,1-2,5-9H3/q+1. The zero-order chi connectivity index (χ0) is 21.7. The monoisotopic (exact) mass is 395 g/mol. The van der Waals surface area contributed by atoms with Gasteiger partial charge in [-0.15, -0.1) is 0 Å².